The molecule has 0 aliphatic heterocycles. The van der Waals surface area contributed by atoms with Gasteiger partial charge in [0, 0.05) is 4.47 Å². The van der Waals surface area contributed by atoms with Crippen molar-refractivity contribution in [2.75, 3.05) is 12.4 Å². The first-order valence-electron chi connectivity index (χ1n) is 6.78. The van der Waals surface area contributed by atoms with Crippen LogP contribution in [0, 0.1) is 11.3 Å². The van der Waals surface area contributed by atoms with Gasteiger partial charge in [-0.25, -0.2) is 0 Å². The SMILES string of the molecule is CCC(Nc1ccc(Br)cc1C#N)c1ccc(OC)cc1. The summed E-state index contributed by atoms with van der Waals surface area (Å²) in [5, 5.41) is 12.7. The number of benzene rings is 2. The van der Waals surface area contributed by atoms with E-state index in [4.69, 9.17) is 4.74 Å². The molecule has 21 heavy (non-hydrogen) atoms. The number of hydrogen-bond donors (Lipinski definition) is 1. The van der Waals surface area contributed by atoms with Gasteiger partial charge in [-0.05, 0) is 42.3 Å². The lowest BCUT2D eigenvalue weighted by atomic mass is 10.0. The standard InChI is InChI=1S/C17H17BrN2O/c1-3-16(12-4-7-15(21-2)8-5-12)20-17-9-6-14(18)10-13(17)11-19/h4-10,16,20H,3H2,1-2H3. The summed E-state index contributed by atoms with van der Waals surface area (Å²) < 4.78 is 6.09. The Bertz CT molecular complexity index is 647. The highest BCUT2D eigenvalue weighted by Crippen LogP contribution is 2.27. The lowest BCUT2D eigenvalue weighted by Crippen LogP contribution is -2.10. The maximum Gasteiger partial charge on any atom is 0.118 e. The predicted molar refractivity (Wildman–Crippen MR) is 88.5 cm³/mol. The Morgan fingerprint density at radius 3 is 2.52 bits per heavy atom. The van der Waals surface area contributed by atoms with Crippen LogP contribution in [0.4, 0.5) is 5.69 Å². The number of hydrogen-bond acceptors (Lipinski definition) is 3. The van der Waals surface area contributed by atoms with Gasteiger partial charge in [-0.3, -0.25) is 0 Å². The molecule has 1 atom stereocenters. The van der Waals surface area contributed by atoms with Crippen LogP contribution in [0.25, 0.3) is 0 Å². The van der Waals surface area contributed by atoms with E-state index in [0.29, 0.717) is 5.56 Å². The number of nitriles is 1. The maximum absolute atomic E-state index is 9.24. The maximum atomic E-state index is 9.24. The Kier molecular flexibility index (Phi) is 5.24. The zero-order valence-electron chi connectivity index (χ0n) is 12.1. The Hall–Kier alpha value is -1.99. The van der Waals surface area contributed by atoms with Crippen molar-refractivity contribution < 1.29 is 4.74 Å². The number of halogens is 1. The Morgan fingerprint density at radius 2 is 1.95 bits per heavy atom. The molecule has 0 saturated carbocycles. The van der Waals surface area contributed by atoms with E-state index in [1.807, 2.05) is 42.5 Å². The van der Waals surface area contributed by atoms with Crippen LogP contribution >= 0.6 is 15.9 Å². The Labute approximate surface area is 133 Å². The molecule has 0 spiro atoms. The second-order valence-electron chi connectivity index (χ2n) is 4.68. The molecule has 0 heterocycles. The summed E-state index contributed by atoms with van der Waals surface area (Å²) in [6, 6.07) is 16.1. The zero-order chi connectivity index (χ0) is 15.2. The molecule has 0 bridgehead atoms. The molecule has 1 unspecified atom stereocenters. The monoisotopic (exact) mass is 344 g/mol. The molecule has 0 radical (unpaired) electrons. The number of anilines is 1. The van der Waals surface area contributed by atoms with E-state index >= 15 is 0 Å². The van der Waals surface area contributed by atoms with Crippen LogP contribution in [-0.4, -0.2) is 7.11 Å². The first-order chi connectivity index (χ1) is 10.2. The number of nitrogens with zero attached hydrogens (tertiary/aromatic N) is 1. The van der Waals surface area contributed by atoms with Gasteiger partial charge in [0.25, 0.3) is 0 Å². The smallest absolute Gasteiger partial charge is 0.118 e. The van der Waals surface area contributed by atoms with Crippen LogP contribution in [0.2, 0.25) is 0 Å². The normalized spacial score (nSPS) is 11.5. The Morgan fingerprint density at radius 1 is 1.24 bits per heavy atom. The van der Waals surface area contributed by atoms with Crippen LogP contribution in [-0.2, 0) is 0 Å². The summed E-state index contributed by atoms with van der Waals surface area (Å²) in [5.74, 6) is 0.843. The van der Waals surface area contributed by atoms with Crippen molar-refractivity contribution in [3.05, 3.63) is 58.1 Å². The molecule has 1 N–H and O–H groups in total. The van der Waals surface area contributed by atoms with Gasteiger partial charge in [0.05, 0.1) is 24.4 Å². The topological polar surface area (TPSA) is 45.0 Å². The van der Waals surface area contributed by atoms with Crippen LogP contribution in [0.1, 0.15) is 30.5 Å². The van der Waals surface area contributed by atoms with Crippen molar-refractivity contribution >= 4 is 21.6 Å². The molecule has 108 valence electrons. The fourth-order valence-electron chi connectivity index (χ4n) is 2.18. The number of nitrogens with one attached hydrogen (secondary N) is 1. The first kappa shape index (κ1) is 15.4. The van der Waals surface area contributed by atoms with E-state index in [-0.39, 0.29) is 6.04 Å². The van der Waals surface area contributed by atoms with E-state index in [2.05, 4.69) is 34.2 Å². The quantitative estimate of drug-likeness (QED) is 0.839. The molecule has 3 nitrogen and oxygen atoms in total. The largest absolute Gasteiger partial charge is 0.497 e. The van der Waals surface area contributed by atoms with Gasteiger partial charge in [0.2, 0.25) is 0 Å². The van der Waals surface area contributed by atoms with Crippen molar-refractivity contribution in [3.8, 4) is 11.8 Å². The molecule has 0 saturated heterocycles. The van der Waals surface area contributed by atoms with E-state index in [1.54, 1.807) is 7.11 Å². The Balaban J connectivity index is 2.24. The zero-order valence-corrected chi connectivity index (χ0v) is 13.6. The van der Waals surface area contributed by atoms with Crippen LogP contribution < -0.4 is 10.1 Å². The highest BCUT2D eigenvalue weighted by atomic mass is 79.9. The first-order valence-corrected chi connectivity index (χ1v) is 7.57. The molecule has 0 amide bonds. The van der Waals surface area contributed by atoms with E-state index in [0.717, 1.165) is 22.3 Å². The van der Waals surface area contributed by atoms with Gasteiger partial charge < -0.3 is 10.1 Å². The molecular weight excluding hydrogens is 328 g/mol. The third-order valence-corrected chi connectivity index (χ3v) is 3.85. The molecule has 0 aliphatic carbocycles. The van der Waals surface area contributed by atoms with Gasteiger partial charge in [-0.1, -0.05) is 35.0 Å². The highest BCUT2D eigenvalue weighted by Gasteiger charge is 2.12. The van der Waals surface area contributed by atoms with Crippen LogP contribution in [0.15, 0.2) is 46.9 Å². The van der Waals surface area contributed by atoms with Crippen molar-refractivity contribution in [2.45, 2.75) is 19.4 Å². The summed E-state index contributed by atoms with van der Waals surface area (Å²) in [4.78, 5) is 0. The molecule has 0 fully saturated rings. The van der Waals surface area contributed by atoms with E-state index in [9.17, 15) is 5.26 Å². The molecule has 0 aliphatic rings. The van der Waals surface area contributed by atoms with Crippen molar-refractivity contribution in [2.24, 2.45) is 0 Å². The third kappa shape index (κ3) is 3.77. The van der Waals surface area contributed by atoms with E-state index < -0.39 is 0 Å². The molecule has 2 rings (SSSR count). The number of ether oxygens (including phenoxy) is 1. The summed E-state index contributed by atoms with van der Waals surface area (Å²) in [5.41, 5.74) is 2.66. The van der Waals surface area contributed by atoms with Gasteiger partial charge in [0.15, 0.2) is 0 Å². The summed E-state index contributed by atoms with van der Waals surface area (Å²) in [6.45, 7) is 2.12. The van der Waals surface area contributed by atoms with Crippen molar-refractivity contribution in [1.82, 2.24) is 0 Å². The average Bonchev–Trinajstić information content (AvgIpc) is 2.53. The van der Waals surface area contributed by atoms with Gasteiger partial charge in [-0.2, -0.15) is 5.26 Å². The van der Waals surface area contributed by atoms with Crippen LogP contribution in [0.3, 0.4) is 0 Å². The summed E-state index contributed by atoms with van der Waals surface area (Å²) in [7, 11) is 1.66. The average molecular weight is 345 g/mol. The lowest BCUT2D eigenvalue weighted by Gasteiger charge is -2.20. The number of rotatable bonds is 5. The second-order valence-corrected chi connectivity index (χ2v) is 5.60. The van der Waals surface area contributed by atoms with Crippen molar-refractivity contribution in [3.63, 3.8) is 0 Å². The third-order valence-electron chi connectivity index (χ3n) is 3.36. The molecule has 2 aromatic rings. The highest BCUT2D eigenvalue weighted by molar-refractivity contribution is 9.10. The van der Waals surface area contributed by atoms with Crippen molar-refractivity contribution in [1.29, 1.82) is 5.26 Å². The molecular formula is C17H17BrN2O. The van der Waals surface area contributed by atoms with E-state index in [1.165, 1.54) is 5.56 Å². The predicted octanol–water partition coefficient (Wildman–Crippen LogP) is 4.89. The summed E-state index contributed by atoms with van der Waals surface area (Å²) in [6.07, 6.45) is 0.924. The van der Waals surface area contributed by atoms with Crippen LogP contribution in [0.5, 0.6) is 5.75 Å². The second kappa shape index (κ2) is 7.14. The summed E-state index contributed by atoms with van der Waals surface area (Å²) >= 11 is 3.39. The minimum atomic E-state index is 0.157. The van der Waals surface area contributed by atoms with Gasteiger partial charge in [0.1, 0.15) is 11.8 Å². The minimum Gasteiger partial charge on any atom is -0.497 e. The van der Waals surface area contributed by atoms with Gasteiger partial charge >= 0.3 is 0 Å². The number of methoxy groups -OCH3 is 1. The molecule has 4 heteroatoms. The lowest BCUT2D eigenvalue weighted by molar-refractivity contribution is 0.414. The van der Waals surface area contributed by atoms with Gasteiger partial charge in [-0.15, -0.1) is 0 Å². The minimum absolute atomic E-state index is 0.157. The fourth-order valence-corrected chi connectivity index (χ4v) is 2.54. The fraction of sp³-hybridized carbons (Fsp3) is 0.235. The molecule has 2 aromatic carbocycles. The molecule has 0 aromatic heterocycles.